The second-order valence-electron chi connectivity index (χ2n) is 8.40. The normalized spacial score (nSPS) is 22.8. The SMILES string of the molecule is CC1(C)Cc2c(sc3nc(C(=O)O)c(C4CNC4)n23)C(C)(C)C1. The fraction of sp³-hybridized carbons (Fsp3) is 0.647. The highest BCUT2D eigenvalue weighted by molar-refractivity contribution is 7.17. The molecular weight excluding hydrogens is 310 g/mol. The molecule has 0 saturated carbocycles. The average Bonchev–Trinajstić information content (AvgIpc) is 2.84. The largest absolute Gasteiger partial charge is 0.476 e. The third-order valence-electron chi connectivity index (χ3n) is 5.16. The molecule has 2 N–H and O–H groups in total. The van der Waals surface area contributed by atoms with E-state index in [9.17, 15) is 9.90 Å². The Morgan fingerprint density at radius 1 is 1.35 bits per heavy atom. The van der Waals surface area contributed by atoms with E-state index >= 15 is 0 Å². The lowest BCUT2D eigenvalue weighted by Gasteiger charge is -2.40. The van der Waals surface area contributed by atoms with Gasteiger partial charge in [0.05, 0.1) is 5.69 Å². The zero-order valence-electron chi connectivity index (χ0n) is 14.1. The number of nitrogens with one attached hydrogen (secondary N) is 1. The van der Waals surface area contributed by atoms with E-state index in [0.717, 1.165) is 36.6 Å². The molecule has 3 heterocycles. The Morgan fingerprint density at radius 2 is 2.04 bits per heavy atom. The van der Waals surface area contributed by atoms with E-state index in [1.807, 2.05) is 0 Å². The third-order valence-corrected chi connectivity index (χ3v) is 6.61. The number of rotatable bonds is 2. The molecule has 0 amide bonds. The fourth-order valence-electron chi connectivity index (χ4n) is 4.49. The summed E-state index contributed by atoms with van der Waals surface area (Å²) < 4.78 is 2.18. The summed E-state index contributed by atoms with van der Waals surface area (Å²) in [6.45, 7) is 10.9. The lowest BCUT2D eigenvalue weighted by molar-refractivity contribution is 0.0688. The summed E-state index contributed by atoms with van der Waals surface area (Å²) >= 11 is 1.68. The Hall–Kier alpha value is -1.40. The highest BCUT2D eigenvalue weighted by Crippen LogP contribution is 2.49. The topological polar surface area (TPSA) is 66.6 Å². The molecule has 2 aromatic heterocycles. The Morgan fingerprint density at radius 3 is 2.61 bits per heavy atom. The number of hydrogen-bond donors (Lipinski definition) is 2. The number of aromatic nitrogens is 2. The van der Waals surface area contributed by atoms with Crippen molar-refractivity contribution in [2.24, 2.45) is 5.41 Å². The molecule has 1 aliphatic heterocycles. The van der Waals surface area contributed by atoms with Gasteiger partial charge in [0.1, 0.15) is 0 Å². The van der Waals surface area contributed by atoms with Crippen LogP contribution in [0.1, 0.15) is 66.8 Å². The number of fused-ring (bicyclic) bond motifs is 3. The summed E-state index contributed by atoms with van der Waals surface area (Å²) in [4.78, 5) is 18.4. The van der Waals surface area contributed by atoms with Gasteiger partial charge < -0.3 is 10.4 Å². The van der Waals surface area contributed by atoms with Gasteiger partial charge in [-0.3, -0.25) is 4.40 Å². The zero-order chi connectivity index (χ0) is 16.6. The van der Waals surface area contributed by atoms with Crippen LogP contribution in [-0.2, 0) is 11.8 Å². The van der Waals surface area contributed by atoms with Crippen molar-refractivity contribution in [2.45, 2.75) is 51.9 Å². The van der Waals surface area contributed by atoms with Crippen molar-refractivity contribution in [2.75, 3.05) is 13.1 Å². The zero-order valence-corrected chi connectivity index (χ0v) is 14.9. The highest BCUT2D eigenvalue weighted by atomic mass is 32.1. The summed E-state index contributed by atoms with van der Waals surface area (Å²) in [5, 5.41) is 12.8. The molecule has 1 fully saturated rings. The first-order valence-corrected chi connectivity index (χ1v) is 9.00. The smallest absolute Gasteiger partial charge is 0.356 e. The average molecular weight is 333 g/mol. The van der Waals surface area contributed by atoms with Crippen LogP contribution in [0.4, 0.5) is 0 Å². The first kappa shape index (κ1) is 15.1. The van der Waals surface area contributed by atoms with Crippen molar-refractivity contribution in [3.05, 3.63) is 22.0 Å². The maximum Gasteiger partial charge on any atom is 0.356 e. The predicted octanol–water partition coefficient (Wildman–Crippen LogP) is 3.03. The van der Waals surface area contributed by atoms with Crippen LogP contribution < -0.4 is 5.32 Å². The monoisotopic (exact) mass is 333 g/mol. The van der Waals surface area contributed by atoms with Crippen molar-refractivity contribution in [1.29, 1.82) is 0 Å². The lowest BCUT2D eigenvalue weighted by atomic mass is 9.67. The summed E-state index contributed by atoms with van der Waals surface area (Å²) in [6, 6.07) is 0. The Bertz CT molecular complexity index is 812. The summed E-state index contributed by atoms with van der Waals surface area (Å²) in [6.07, 6.45) is 2.12. The van der Waals surface area contributed by atoms with Gasteiger partial charge in [-0.05, 0) is 18.3 Å². The lowest BCUT2D eigenvalue weighted by Crippen LogP contribution is -2.41. The van der Waals surface area contributed by atoms with Crippen LogP contribution in [0.3, 0.4) is 0 Å². The minimum Gasteiger partial charge on any atom is -0.476 e. The molecular formula is C17H23N3O2S. The molecule has 0 unspecified atom stereocenters. The first-order valence-electron chi connectivity index (χ1n) is 8.18. The maximum absolute atomic E-state index is 11.7. The number of carboxylic acids is 1. The van der Waals surface area contributed by atoms with E-state index in [2.05, 4.69) is 42.4 Å². The van der Waals surface area contributed by atoms with Crippen LogP contribution in [0.5, 0.6) is 0 Å². The number of imidazole rings is 1. The summed E-state index contributed by atoms with van der Waals surface area (Å²) in [5.74, 6) is -0.658. The number of hydrogen-bond acceptors (Lipinski definition) is 4. The van der Waals surface area contributed by atoms with E-state index in [4.69, 9.17) is 0 Å². The van der Waals surface area contributed by atoms with Gasteiger partial charge in [-0.2, -0.15) is 0 Å². The predicted molar refractivity (Wildman–Crippen MR) is 90.8 cm³/mol. The van der Waals surface area contributed by atoms with Gasteiger partial charge in [-0.25, -0.2) is 9.78 Å². The van der Waals surface area contributed by atoms with E-state index in [1.165, 1.54) is 10.6 Å². The minimum atomic E-state index is -0.911. The molecule has 0 radical (unpaired) electrons. The molecule has 0 bridgehead atoms. The molecule has 0 spiro atoms. The van der Waals surface area contributed by atoms with Gasteiger partial charge >= 0.3 is 5.97 Å². The number of carbonyl (C=O) groups is 1. The van der Waals surface area contributed by atoms with Gasteiger partial charge in [-0.15, -0.1) is 11.3 Å². The van der Waals surface area contributed by atoms with Crippen LogP contribution in [-0.4, -0.2) is 33.6 Å². The number of carboxylic acid groups (broad SMARTS) is 1. The van der Waals surface area contributed by atoms with Crippen molar-refractivity contribution in [3.63, 3.8) is 0 Å². The standard InChI is InChI=1S/C17H23N3O2S/c1-16(2)5-10-13(17(3,4)8-16)23-15-19-11(14(21)22)12(20(10)15)9-6-18-7-9/h9,18H,5-8H2,1-4H3,(H,21,22). The molecule has 0 atom stereocenters. The van der Waals surface area contributed by atoms with Gasteiger partial charge in [0.2, 0.25) is 0 Å². The quantitative estimate of drug-likeness (QED) is 0.886. The minimum absolute atomic E-state index is 0.112. The molecule has 5 nitrogen and oxygen atoms in total. The molecule has 23 heavy (non-hydrogen) atoms. The van der Waals surface area contributed by atoms with Gasteiger partial charge in [-0.1, -0.05) is 27.7 Å². The first-order chi connectivity index (χ1) is 10.7. The Balaban J connectivity index is 2.01. The van der Waals surface area contributed by atoms with Crippen LogP contribution in [0.2, 0.25) is 0 Å². The van der Waals surface area contributed by atoms with Crippen molar-refractivity contribution in [1.82, 2.24) is 14.7 Å². The molecule has 2 aromatic rings. The molecule has 2 aliphatic rings. The fourth-order valence-corrected chi connectivity index (χ4v) is 5.74. The Labute approximate surface area is 139 Å². The number of thiazole rings is 1. The molecule has 0 aromatic carbocycles. The molecule has 4 rings (SSSR count). The van der Waals surface area contributed by atoms with Crippen LogP contribution in [0.25, 0.3) is 4.96 Å². The van der Waals surface area contributed by atoms with Crippen LogP contribution in [0, 0.1) is 5.41 Å². The molecule has 124 valence electrons. The number of aromatic carboxylic acids is 1. The van der Waals surface area contributed by atoms with E-state index in [1.54, 1.807) is 11.3 Å². The summed E-state index contributed by atoms with van der Waals surface area (Å²) in [7, 11) is 0. The van der Waals surface area contributed by atoms with E-state index in [0.29, 0.717) is 0 Å². The summed E-state index contributed by atoms with van der Waals surface area (Å²) in [5.41, 5.74) is 2.76. The number of nitrogens with zero attached hydrogens (tertiary/aromatic N) is 2. The van der Waals surface area contributed by atoms with Crippen molar-refractivity contribution < 1.29 is 9.90 Å². The van der Waals surface area contributed by atoms with E-state index < -0.39 is 5.97 Å². The van der Waals surface area contributed by atoms with Gasteiger partial charge in [0, 0.05) is 35.0 Å². The van der Waals surface area contributed by atoms with Gasteiger partial charge in [0.15, 0.2) is 10.7 Å². The van der Waals surface area contributed by atoms with Crippen LogP contribution >= 0.6 is 11.3 Å². The second kappa shape index (κ2) is 4.57. The maximum atomic E-state index is 11.7. The molecule has 6 heteroatoms. The molecule has 1 saturated heterocycles. The van der Waals surface area contributed by atoms with E-state index in [-0.39, 0.29) is 22.4 Å². The van der Waals surface area contributed by atoms with Crippen LogP contribution in [0.15, 0.2) is 0 Å². The third kappa shape index (κ3) is 2.15. The molecule has 1 aliphatic carbocycles. The highest BCUT2D eigenvalue weighted by Gasteiger charge is 2.42. The van der Waals surface area contributed by atoms with Gasteiger partial charge in [0.25, 0.3) is 0 Å². The van der Waals surface area contributed by atoms with Crippen molar-refractivity contribution in [3.8, 4) is 0 Å². The Kier molecular flexibility index (Phi) is 3.01. The second-order valence-corrected chi connectivity index (χ2v) is 9.38. The van der Waals surface area contributed by atoms with Crippen molar-refractivity contribution >= 4 is 22.3 Å².